The van der Waals surface area contributed by atoms with Gasteiger partial charge in [-0.15, -0.1) is 10.2 Å². The zero-order valence-electron chi connectivity index (χ0n) is 37.7. The fraction of sp³-hybridized carbons (Fsp3) is 0. The van der Waals surface area contributed by atoms with Gasteiger partial charge < -0.3 is 30.8 Å². The SMILES string of the molecule is O=C1c2cc(N=Nc3c(O)c(C(=O)Nc4ccccc4)cc4ccc5c6ccccc6[nH]c5c34)ccc2-c2ccc(N=Nc3c(O)c(C(=O)Nc4ccccc4)cc4ccc5c6ccccc6[nH]c5c34)cc21. The van der Waals surface area contributed by atoms with Crippen LogP contribution in [-0.4, -0.2) is 37.8 Å². The molecule has 0 atom stereocenters. The van der Waals surface area contributed by atoms with Gasteiger partial charge in [-0.1, -0.05) is 109 Å². The van der Waals surface area contributed by atoms with Crippen molar-refractivity contribution in [1.29, 1.82) is 0 Å². The second kappa shape index (κ2) is 16.5. The van der Waals surface area contributed by atoms with Crippen LogP contribution >= 0.6 is 0 Å². The smallest absolute Gasteiger partial charge is 0.259 e. The van der Waals surface area contributed by atoms with Crippen molar-refractivity contribution in [2.75, 3.05) is 10.6 Å². The van der Waals surface area contributed by atoms with E-state index in [9.17, 15) is 24.6 Å². The van der Waals surface area contributed by atoms with Gasteiger partial charge in [0.15, 0.2) is 17.3 Å². The van der Waals surface area contributed by atoms with Crippen LogP contribution in [0.1, 0.15) is 36.6 Å². The average molecular weight is 937 g/mol. The van der Waals surface area contributed by atoms with Gasteiger partial charge in [-0.2, -0.15) is 10.2 Å². The monoisotopic (exact) mass is 936 g/mol. The molecule has 72 heavy (non-hydrogen) atoms. The maximum Gasteiger partial charge on any atom is 0.259 e. The average Bonchev–Trinajstić information content (AvgIpc) is 4.07. The van der Waals surface area contributed by atoms with Gasteiger partial charge in [-0.05, 0) is 94.7 Å². The number of para-hydroxylation sites is 4. The van der Waals surface area contributed by atoms with Crippen molar-refractivity contribution in [2.24, 2.45) is 20.5 Å². The van der Waals surface area contributed by atoms with Crippen LogP contribution in [0.5, 0.6) is 11.5 Å². The molecular formula is C59H36N8O5. The highest BCUT2D eigenvalue weighted by Crippen LogP contribution is 2.47. The lowest BCUT2D eigenvalue weighted by Crippen LogP contribution is -2.12. The number of carbonyl (C=O) groups is 3. The molecule has 0 saturated carbocycles. The molecule has 2 heterocycles. The molecule has 2 aromatic heterocycles. The molecule has 0 unspecified atom stereocenters. The molecule has 0 aliphatic heterocycles. The summed E-state index contributed by atoms with van der Waals surface area (Å²) in [5, 5.41) is 54.2. The Morgan fingerprint density at radius 2 is 0.833 bits per heavy atom. The first-order valence-electron chi connectivity index (χ1n) is 23.0. The first kappa shape index (κ1) is 41.9. The summed E-state index contributed by atoms with van der Waals surface area (Å²) in [6.07, 6.45) is 0. The molecule has 6 N–H and O–H groups in total. The van der Waals surface area contributed by atoms with Gasteiger partial charge >= 0.3 is 0 Å². The Morgan fingerprint density at radius 1 is 0.417 bits per heavy atom. The summed E-state index contributed by atoms with van der Waals surface area (Å²) in [5.74, 6) is -2.03. The standard InChI is InChI=1S/C59H36N8O5/c68-55-43-29-35(64-66-53-49-31(19-23-41-39-15-7-9-17-47(39)62-51(41)49)27-45(56(53)69)58(71)60-33-11-3-1-4-12-33)21-25-37(43)38-26-22-36(30-44(38)55)65-67-54-50-32(20-24-42-40-16-8-10-18-48(40)63-52(42)50)28-46(57(54)70)59(72)61-34-13-5-2-6-14-34/h1-30,62-63,69-70H,(H,60,71)(H,61,72). The lowest BCUT2D eigenvalue weighted by Gasteiger charge is -2.12. The van der Waals surface area contributed by atoms with Crippen molar-refractivity contribution >= 4 is 117 Å². The Bertz CT molecular complexity index is 4090. The zero-order valence-corrected chi connectivity index (χ0v) is 37.7. The van der Waals surface area contributed by atoms with Crippen molar-refractivity contribution < 1.29 is 24.6 Å². The van der Waals surface area contributed by atoms with E-state index in [2.05, 4.69) is 41.1 Å². The minimum Gasteiger partial charge on any atom is -0.505 e. The fourth-order valence-corrected chi connectivity index (χ4v) is 9.94. The third-order valence-electron chi connectivity index (χ3n) is 13.3. The van der Waals surface area contributed by atoms with Gasteiger partial charge in [0.25, 0.3) is 11.8 Å². The number of amides is 2. The van der Waals surface area contributed by atoms with Crippen molar-refractivity contribution in [3.05, 3.63) is 204 Å². The molecule has 13 nitrogen and oxygen atoms in total. The predicted octanol–water partition coefficient (Wildman–Crippen LogP) is 15.2. The van der Waals surface area contributed by atoms with Crippen LogP contribution in [0.25, 0.3) is 76.3 Å². The molecule has 13 heteroatoms. The molecule has 1 aliphatic carbocycles. The number of fused-ring (bicyclic) bond motifs is 13. The van der Waals surface area contributed by atoms with Gasteiger partial charge in [0.2, 0.25) is 0 Å². The van der Waals surface area contributed by atoms with Crippen LogP contribution in [0, 0.1) is 0 Å². The van der Waals surface area contributed by atoms with Gasteiger partial charge in [0.1, 0.15) is 11.4 Å². The molecule has 0 radical (unpaired) electrons. The fourth-order valence-electron chi connectivity index (χ4n) is 9.94. The first-order chi connectivity index (χ1) is 35.3. The zero-order chi connectivity index (χ0) is 48.6. The highest BCUT2D eigenvalue weighted by atomic mass is 16.3. The number of hydrogen-bond acceptors (Lipinski definition) is 9. The summed E-state index contributed by atoms with van der Waals surface area (Å²) in [6.45, 7) is 0. The number of ketones is 1. The molecular weight excluding hydrogens is 901 g/mol. The second-order valence-electron chi connectivity index (χ2n) is 17.6. The maximum absolute atomic E-state index is 14.3. The number of benzene rings is 10. The van der Waals surface area contributed by atoms with E-state index < -0.39 is 11.8 Å². The Morgan fingerprint density at radius 3 is 1.28 bits per heavy atom. The van der Waals surface area contributed by atoms with E-state index in [0.717, 1.165) is 43.6 Å². The summed E-state index contributed by atoms with van der Waals surface area (Å²) >= 11 is 0. The Balaban J connectivity index is 0.862. The number of aromatic amines is 2. The number of phenols is 2. The lowest BCUT2D eigenvalue weighted by molar-refractivity contribution is 0.101. The summed E-state index contributed by atoms with van der Waals surface area (Å²) in [5.41, 5.74) is 7.37. The Labute approximate surface area is 407 Å². The molecule has 13 rings (SSSR count). The quantitative estimate of drug-likeness (QED) is 0.0823. The maximum atomic E-state index is 14.3. The van der Waals surface area contributed by atoms with Gasteiger partial charge in [-0.25, -0.2) is 0 Å². The summed E-state index contributed by atoms with van der Waals surface area (Å²) in [7, 11) is 0. The number of anilines is 2. The van der Waals surface area contributed by atoms with Crippen molar-refractivity contribution in [3.63, 3.8) is 0 Å². The number of nitrogens with zero attached hydrogens (tertiary/aromatic N) is 4. The van der Waals surface area contributed by atoms with Crippen LogP contribution < -0.4 is 10.6 Å². The van der Waals surface area contributed by atoms with E-state index in [1.807, 2.05) is 84.9 Å². The van der Waals surface area contributed by atoms with E-state index in [4.69, 9.17) is 0 Å². The number of aromatic nitrogens is 2. The van der Waals surface area contributed by atoms with Gasteiger partial charge in [-0.3, -0.25) is 14.4 Å². The van der Waals surface area contributed by atoms with Crippen molar-refractivity contribution in [3.8, 4) is 22.6 Å². The number of hydrogen-bond donors (Lipinski definition) is 6. The number of carbonyl (C=O) groups excluding carboxylic acids is 3. The number of rotatable bonds is 8. The minimum absolute atomic E-state index is 0.0131. The molecule has 0 saturated heterocycles. The second-order valence-corrected chi connectivity index (χ2v) is 17.6. The van der Waals surface area contributed by atoms with Crippen LogP contribution in [0.4, 0.5) is 34.1 Å². The first-order valence-corrected chi connectivity index (χ1v) is 23.0. The van der Waals surface area contributed by atoms with E-state index in [-0.39, 0.29) is 39.8 Å². The molecule has 0 bridgehead atoms. The van der Waals surface area contributed by atoms with Crippen LogP contribution in [0.2, 0.25) is 0 Å². The Hall–Kier alpha value is -10.3. The van der Waals surface area contributed by atoms with Crippen LogP contribution in [-0.2, 0) is 0 Å². The number of azo groups is 2. The number of nitrogens with one attached hydrogen (secondary N) is 4. The van der Waals surface area contributed by atoms with Crippen LogP contribution in [0.3, 0.4) is 0 Å². The molecule has 0 fully saturated rings. The number of phenolic OH excluding ortho intramolecular Hbond substituents is 2. The molecule has 0 spiro atoms. The van der Waals surface area contributed by atoms with E-state index in [1.165, 1.54) is 0 Å². The molecule has 10 aromatic carbocycles. The van der Waals surface area contributed by atoms with E-state index >= 15 is 0 Å². The highest BCUT2D eigenvalue weighted by Gasteiger charge is 2.28. The normalized spacial score (nSPS) is 12.3. The lowest BCUT2D eigenvalue weighted by atomic mass is 10.00. The predicted molar refractivity (Wildman–Crippen MR) is 282 cm³/mol. The summed E-state index contributed by atoms with van der Waals surface area (Å²) < 4.78 is 0. The van der Waals surface area contributed by atoms with Crippen LogP contribution in [0.15, 0.2) is 202 Å². The highest BCUT2D eigenvalue weighted by molar-refractivity contribution is 6.25. The molecule has 12 aromatic rings. The Kier molecular flexibility index (Phi) is 9.57. The third-order valence-corrected chi connectivity index (χ3v) is 13.3. The van der Waals surface area contributed by atoms with Gasteiger partial charge in [0.05, 0.1) is 33.5 Å². The molecule has 1 aliphatic rings. The van der Waals surface area contributed by atoms with Crippen molar-refractivity contribution in [2.45, 2.75) is 0 Å². The van der Waals surface area contributed by atoms with Gasteiger partial charge in [0, 0.05) is 65.9 Å². The van der Waals surface area contributed by atoms with Crippen molar-refractivity contribution in [1.82, 2.24) is 9.97 Å². The third kappa shape index (κ3) is 6.83. The summed E-state index contributed by atoms with van der Waals surface area (Å²) in [6, 6.07) is 55.1. The molecule has 342 valence electrons. The minimum atomic E-state index is -0.523. The van der Waals surface area contributed by atoms with E-state index in [1.54, 1.807) is 97.1 Å². The molecule has 2 amide bonds. The topological polar surface area (TPSA) is 197 Å². The number of H-pyrrole nitrogens is 2. The largest absolute Gasteiger partial charge is 0.505 e. The number of aromatic hydroxyl groups is 2. The summed E-state index contributed by atoms with van der Waals surface area (Å²) in [4.78, 5) is 48.7. The van der Waals surface area contributed by atoms with E-state index in [0.29, 0.717) is 66.5 Å².